The normalized spacial score (nSPS) is 11.1. The van der Waals surface area contributed by atoms with Gasteiger partial charge in [-0.05, 0) is 50.2 Å². The second-order valence-electron chi connectivity index (χ2n) is 7.83. The topological polar surface area (TPSA) is 64.7 Å². The molecule has 33 heavy (non-hydrogen) atoms. The summed E-state index contributed by atoms with van der Waals surface area (Å²) in [5, 5.41) is 8.27. The van der Waals surface area contributed by atoms with Crippen LogP contribution in [0.4, 0.5) is 5.69 Å². The summed E-state index contributed by atoms with van der Waals surface area (Å²) < 4.78 is 3.74. The van der Waals surface area contributed by atoms with Gasteiger partial charge < -0.3 is 9.88 Å². The number of anilines is 1. The highest BCUT2D eigenvalue weighted by atomic mass is 35.5. The fourth-order valence-electron chi connectivity index (χ4n) is 4.05. The largest absolute Gasteiger partial charge is 0.321 e. The third-order valence-corrected chi connectivity index (χ3v) is 5.96. The molecule has 5 rings (SSSR count). The van der Waals surface area contributed by atoms with Crippen LogP contribution >= 0.6 is 11.6 Å². The summed E-state index contributed by atoms with van der Waals surface area (Å²) in [5.41, 5.74) is 5.75. The second kappa shape index (κ2) is 8.56. The van der Waals surface area contributed by atoms with Crippen molar-refractivity contribution in [3.8, 4) is 17.1 Å². The molecule has 0 aliphatic heterocycles. The van der Waals surface area contributed by atoms with Gasteiger partial charge in [0, 0.05) is 5.56 Å². The van der Waals surface area contributed by atoms with Gasteiger partial charge in [-0.15, -0.1) is 0 Å². The molecule has 5 aromatic rings. The number of fused-ring (bicyclic) bond motifs is 1. The lowest BCUT2D eigenvalue weighted by atomic mass is 10.2. The van der Waals surface area contributed by atoms with Crippen molar-refractivity contribution < 1.29 is 4.79 Å². The van der Waals surface area contributed by atoms with E-state index >= 15 is 0 Å². The van der Waals surface area contributed by atoms with E-state index in [4.69, 9.17) is 16.6 Å². The summed E-state index contributed by atoms with van der Waals surface area (Å²) >= 11 is 6.46. The molecule has 0 saturated heterocycles. The molecule has 2 aromatic heterocycles. The Morgan fingerprint density at radius 1 is 0.939 bits per heavy atom. The Morgan fingerprint density at radius 2 is 1.64 bits per heavy atom. The summed E-state index contributed by atoms with van der Waals surface area (Å²) in [4.78, 5) is 18.0. The van der Waals surface area contributed by atoms with Crippen LogP contribution in [0.15, 0.2) is 78.9 Å². The molecule has 0 aliphatic carbocycles. The molecule has 6 nitrogen and oxygen atoms in total. The van der Waals surface area contributed by atoms with Crippen molar-refractivity contribution in [2.75, 3.05) is 5.32 Å². The van der Waals surface area contributed by atoms with E-state index in [0.29, 0.717) is 16.5 Å². The minimum absolute atomic E-state index is 0.0937. The van der Waals surface area contributed by atoms with E-state index in [2.05, 4.69) is 10.4 Å². The predicted molar refractivity (Wildman–Crippen MR) is 132 cm³/mol. The number of hydrogen-bond donors (Lipinski definition) is 1. The van der Waals surface area contributed by atoms with Gasteiger partial charge >= 0.3 is 0 Å². The third-order valence-electron chi connectivity index (χ3n) is 5.63. The van der Waals surface area contributed by atoms with Crippen molar-refractivity contribution in [3.05, 3.63) is 95.3 Å². The molecule has 0 aliphatic rings. The lowest BCUT2D eigenvalue weighted by Gasteiger charge is -2.11. The molecule has 0 bridgehead atoms. The van der Waals surface area contributed by atoms with Gasteiger partial charge in [-0.2, -0.15) is 5.10 Å². The SMILES string of the molecule is Cc1nn(-c2ccccc2)c(C)c1NC(=O)Cn1c(-c2ccccc2Cl)nc2ccccc21. The Hall–Kier alpha value is -3.90. The van der Waals surface area contributed by atoms with Crippen LogP contribution in [0.3, 0.4) is 0 Å². The van der Waals surface area contributed by atoms with Gasteiger partial charge in [-0.25, -0.2) is 9.67 Å². The molecule has 1 amide bonds. The fourth-order valence-corrected chi connectivity index (χ4v) is 4.27. The average Bonchev–Trinajstić information content (AvgIpc) is 3.32. The van der Waals surface area contributed by atoms with Gasteiger partial charge in [0.1, 0.15) is 12.4 Å². The number of hydrogen-bond acceptors (Lipinski definition) is 3. The molecular formula is C26H22ClN5O. The van der Waals surface area contributed by atoms with Crippen molar-refractivity contribution in [1.29, 1.82) is 0 Å². The van der Waals surface area contributed by atoms with Crippen molar-refractivity contribution in [2.45, 2.75) is 20.4 Å². The van der Waals surface area contributed by atoms with Gasteiger partial charge in [-0.3, -0.25) is 4.79 Å². The van der Waals surface area contributed by atoms with Crippen LogP contribution in [0, 0.1) is 13.8 Å². The van der Waals surface area contributed by atoms with Crippen molar-refractivity contribution in [2.24, 2.45) is 0 Å². The van der Waals surface area contributed by atoms with E-state index in [-0.39, 0.29) is 12.5 Å². The molecule has 0 unspecified atom stereocenters. The Kier molecular flexibility index (Phi) is 5.44. The predicted octanol–water partition coefficient (Wildman–Crippen LogP) is 5.80. The smallest absolute Gasteiger partial charge is 0.244 e. The minimum Gasteiger partial charge on any atom is -0.321 e. The first-order chi connectivity index (χ1) is 16.0. The number of nitrogens with one attached hydrogen (secondary N) is 1. The fraction of sp³-hybridized carbons (Fsp3) is 0.115. The Balaban J connectivity index is 1.49. The molecule has 164 valence electrons. The maximum Gasteiger partial charge on any atom is 0.244 e. The lowest BCUT2D eigenvalue weighted by Crippen LogP contribution is -2.20. The average molecular weight is 456 g/mol. The number of imidazole rings is 1. The highest BCUT2D eigenvalue weighted by molar-refractivity contribution is 6.33. The van der Waals surface area contributed by atoms with Crippen molar-refractivity contribution in [1.82, 2.24) is 19.3 Å². The first-order valence-electron chi connectivity index (χ1n) is 10.6. The summed E-state index contributed by atoms with van der Waals surface area (Å²) in [6, 6.07) is 25.1. The number of benzene rings is 3. The zero-order valence-electron chi connectivity index (χ0n) is 18.3. The number of amides is 1. The highest BCUT2D eigenvalue weighted by Crippen LogP contribution is 2.30. The zero-order chi connectivity index (χ0) is 22.9. The first kappa shape index (κ1) is 21.0. The van der Waals surface area contributed by atoms with Crippen LogP contribution in [-0.4, -0.2) is 25.2 Å². The molecule has 7 heteroatoms. The van der Waals surface area contributed by atoms with Crippen molar-refractivity contribution in [3.63, 3.8) is 0 Å². The number of carbonyl (C=O) groups is 1. The number of aromatic nitrogens is 4. The van der Waals surface area contributed by atoms with Crippen LogP contribution < -0.4 is 5.32 Å². The molecule has 0 spiro atoms. The maximum absolute atomic E-state index is 13.2. The number of nitrogens with zero attached hydrogens (tertiary/aromatic N) is 4. The molecular weight excluding hydrogens is 434 g/mol. The quantitative estimate of drug-likeness (QED) is 0.364. The Bertz CT molecular complexity index is 1470. The molecule has 0 radical (unpaired) electrons. The van der Waals surface area contributed by atoms with Crippen LogP contribution in [-0.2, 0) is 11.3 Å². The van der Waals surface area contributed by atoms with E-state index in [1.54, 1.807) is 0 Å². The van der Waals surface area contributed by atoms with E-state index in [0.717, 1.165) is 33.7 Å². The Morgan fingerprint density at radius 3 is 2.42 bits per heavy atom. The number of carbonyl (C=O) groups excluding carboxylic acids is 1. The lowest BCUT2D eigenvalue weighted by molar-refractivity contribution is -0.116. The Labute approximate surface area is 196 Å². The second-order valence-corrected chi connectivity index (χ2v) is 8.24. The van der Waals surface area contributed by atoms with E-state index in [1.807, 2.05) is 102 Å². The molecule has 0 saturated carbocycles. The van der Waals surface area contributed by atoms with Crippen LogP contribution in [0.5, 0.6) is 0 Å². The first-order valence-corrected chi connectivity index (χ1v) is 11.0. The van der Waals surface area contributed by atoms with Crippen LogP contribution in [0.2, 0.25) is 5.02 Å². The number of para-hydroxylation sites is 3. The summed E-state index contributed by atoms with van der Waals surface area (Å²) in [7, 11) is 0. The van der Waals surface area contributed by atoms with E-state index in [1.165, 1.54) is 0 Å². The zero-order valence-corrected chi connectivity index (χ0v) is 19.0. The van der Waals surface area contributed by atoms with Gasteiger partial charge in [-0.1, -0.05) is 54.1 Å². The summed E-state index contributed by atoms with van der Waals surface area (Å²) in [6.07, 6.45) is 0. The number of rotatable bonds is 5. The van der Waals surface area contributed by atoms with Gasteiger partial charge in [0.05, 0.1) is 38.8 Å². The van der Waals surface area contributed by atoms with Gasteiger partial charge in [0.25, 0.3) is 0 Å². The molecule has 1 N–H and O–H groups in total. The molecule has 3 aromatic carbocycles. The van der Waals surface area contributed by atoms with E-state index in [9.17, 15) is 4.79 Å². The maximum atomic E-state index is 13.2. The minimum atomic E-state index is -0.162. The van der Waals surface area contributed by atoms with Crippen LogP contribution in [0.25, 0.3) is 28.1 Å². The molecule has 2 heterocycles. The standard InChI is InChI=1S/C26H22ClN5O/c1-17-25(18(2)32(30-17)19-10-4-3-5-11-19)29-24(33)16-31-23-15-9-8-14-22(23)28-26(31)20-12-6-7-13-21(20)27/h3-15H,16H2,1-2H3,(H,29,33). The monoisotopic (exact) mass is 455 g/mol. The summed E-state index contributed by atoms with van der Waals surface area (Å²) in [5.74, 6) is 0.496. The van der Waals surface area contributed by atoms with E-state index < -0.39 is 0 Å². The summed E-state index contributed by atoms with van der Waals surface area (Å²) in [6.45, 7) is 3.94. The van der Waals surface area contributed by atoms with Gasteiger partial charge in [0.2, 0.25) is 5.91 Å². The number of halogens is 1. The molecule has 0 fully saturated rings. The van der Waals surface area contributed by atoms with Crippen molar-refractivity contribution >= 4 is 34.2 Å². The highest BCUT2D eigenvalue weighted by Gasteiger charge is 2.19. The number of aryl methyl sites for hydroxylation is 1. The molecule has 0 atom stereocenters. The van der Waals surface area contributed by atoms with Crippen LogP contribution in [0.1, 0.15) is 11.4 Å². The third kappa shape index (κ3) is 3.90. The van der Waals surface area contributed by atoms with Gasteiger partial charge in [0.15, 0.2) is 0 Å².